The van der Waals surface area contributed by atoms with E-state index in [1.165, 1.54) is 6.20 Å². The Labute approximate surface area is 128 Å². The Morgan fingerprint density at radius 1 is 1.18 bits per heavy atom. The third-order valence-corrected chi connectivity index (χ3v) is 2.80. The van der Waals surface area contributed by atoms with Crippen molar-refractivity contribution >= 4 is 17.7 Å². The lowest BCUT2D eigenvalue weighted by Crippen LogP contribution is -2.24. The molecule has 1 aromatic heterocycles. The van der Waals surface area contributed by atoms with Crippen LogP contribution in [0.4, 0.5) is 10.5 Å². The summed E-state index contributed by atoms with van der Waals surface area (Å²) < 4.78 is 4.76. The molecule has 0 aliphatic heterocycles. The Morgan fingerprint density at radius 3 is 2.68 bits per heavy atom. The molecule has 22 heavy (non-hydrogen) atoms. The minimum absolute atomic E-state index is 0.200. The first-order chi connectivity index (χ1) is 10.7. The van der Waals surface area contributed by atoms with Crippen LogP contribution in [0, 0.1) is 0 Å². The normalized spacial score (nSPS) is 9.86. The molecule has 114 valence electrons. The quantitative estimate of drug-likeness (QED) is 0.889. The maximum absolute atomic E-state index is 12.2. The van der Waals surface area contributed by atoms with Crippen molar-refractivity contribution in [1.29, 1.82) is 0 Å². The monoisotopic (exact) mass is 299 g/mol. The summed E-state index contributed by atoms with van der Waals surface area (Å²) in [7, 11) is 0. The van der Waals surface area contributed by atoms with Crippen molar-refractivity contribution in [2.75, 3.05) is 11.9 Å². The van der Waals surface area contributed by atoms with Gasteiger partial charge in [-0.15, -0.1) is 0 Å². The van der Waals surface area contributed by atoms with E-state index in [0.717, 1.165) is 5.69 Å². The van der Waals surface area contributed by atoms with E-state index in [0.29, 0.717) is 17.9 Å². The first kappa shape index (κ1) is 15.5. The second-order valence-corrected chi connectivity index (χ2v) is 4.43. The molecule has 6 heteroatoms. The first-order valence-electron chi connectivity index (χ1n) is 6.91. The predicted octanol–water partition coefficient (Wildman–Crippen LogP) is 2.58. The van der Waals surface area contributed by atoms with Gasteiger partial charge in [-0.2, -0.15) is 0 Å². The zero-order valence-corrected chi connectivity index (χ0v) is 12.2. The van der Waals surface area contributed by atoms with Crippen molar-refractivity contribution in [3.05, 3.63) is 59.9 Å². The predicted molar refractivity (Wildman–Crippen MR) is 82.5 cm³/mol. The third kappa shape index (κ3) is 4.59. The number of carbonyl (C=O) groups is 2. The van der Waals surface area contributed by atoms with Crippen LogP contribution in [0.5, 0.6) is 0 Å². The van der Waals surface area contributed by atoms with Crippen LogP contribution in [0.1, 0.15) is 23.0 Å². The van der Waals surface area contributed by atoms with Crippen LogP contribution >= 0.6 is 0 Å². The van der Waals surface area contributed by atoms with Gasteiger partial charge >= 0.3 is 6.09 Å². The van der Waals surface area contributed by atoms with Crippen molar-refractivity contribution in [3.63, 3.8) is 0 Å². The maximum atomic E-state index is 12.2. The van der Waals surface area contributed by atoms with Gasteiger partial charge in [0.05, 0.1) is 18.8 Å². The van der Waals surface area contributed by atoms with Gasteiger partial charge in [0.1, 0.15) is 0 Å². The van der Waals surface area contributed by atoms with E-state index in [-0.39, 0.29) is 12.5 Å². The van der Waals surface area contributed by atoms with Crippen LogP contribution in [0.3, 0.4) is 0 Å². The molecule has 2 N–H and O–H groups in total. The Kier molecular flexibility index (Phi) is 5.48. The number of ether oxygens (including phenoxy) is 1. The third-order valence-electron chi connectivity index (χ3n) is 2.80. The molecule has 6 nitrogen and oxygen atoms in total. The van der Waals surface area contributed by atoms with E-state index in [4.69, 9.17) is 4.74 Å². The van der Waals surface area contributed by atoms with E-state index < -0.39 is 6.09 Å². The van der Waals surface area contributed by atoms with E-state index in [1.54, 1.807) is 19.1 Å². The molecule has 0 spiro atoms. The van der Waals surface area contributed by atoms with E-state index >= 15 is 0 Å². The maximum Gasteiger partial charge on any atom is 0.407 e. The largest absolute Gasteiger partial charge is 0.450 e. The summed E-state index contributed by atoms with van der Waals surface area (Å²) in [5.74, 6) is -0.231. The van der Waals surface area contributed by atoms with Gasteiger partial charge in [0.15, 0.2) is 0 Å². The molecule has 0 aliphatic rings. The molecule has 0 aliphatic carbocycles. The van der Waals surface area contributed by atoms with Crippen LogP contribution in [0.2, 0.25) is 0 Å². The van der Waals surface area contributed by atoms with Gasteiger partial charge in [-0.05, 0) is 31.2 Å². The smallest absolute Gasteiger partial charge is 0.407 e. The number of carbonyl (C=O) groups excluding carboxylic acids is 2. The highest BCUT2D eigenvalue weighted by Crippen LogP contribution is 2.09. The van der Waals surface area contributed by atoms with Crippen molar-refractivity contribution in [1.82, 2.24) is 10.3 Å². The summed E-state index contributed by atoms with van der Waals surface area (Å²) >= 11 is 0. The number of alkyl carbamates (subject to hydrolysis) is 1. The van der Waals surface area contributed by atoms with Crippen LogP contribution < -0.4 is 10.6 Å². The lowest BCUT2D eigenvalue weighted by atomic mass is 10.2. The number of anilines is 1. The molecular weight excluding hydrogens is 282 g/mol. The number of hydrogen-bond acceptors (Lipinski definition) is 4. The molecule has 0 radical (unpaired) electrons. The number of amides is 2. The van der Waals surface area contributed by atoms with Crippen molar-refractivity contribution in [3.8, 4) is 0 Å². The average molecular weight is 299 g/mol. The average Bonchev–Trinajstić information content (AvgIpc) is 2.54. The lowest BCUT2D eigenvalue weighted by Gasteiger charge is -2.07. The van der Waals surface area contributed by atoms with E-state index in [9.17, 15) is 9.59 Å². The van der Waals surface area contributed by atoms with E-state index in [1.807, 2.05) is 30.3 Å². The summed E-state index contributed by atoms with van der Waals surface area (Å²) in [5.41, 5.74) is 1.77. The minimum Gasteiger partial charge on any atom is -0.450 e. The fourth-order valence-electron chi connectivity index (χ4n) is 1.79. The summed E-state index contributed by atoms with van der Waals surface area (Å²) in [6.07, 6.45) is 1.02. The van der Waals surface area contributed by atoms with Gasteiger partial charge < -0.3 is 15.4 Å². The van der Waals surface area contributed by atoms with Gasteiger partial charge in [0.25, 0.3) is 5.91 Å². The van der Waals surface area contributed by atoms with Gasteiger partial charge in [-0.25, -0.2) is 4.79 Å². The van der Waals surface area contributed by atoms with Crippen LogP contribution in [-0.2, 0) is 11.3 Å². The lowest BCUT2D eigenvalue weighted by molar-refractivity contribution is 0.102. The zero-order chi connectivity index (χ0) is 15.8. The summed E-state index contributed by atoms with van der Waals surface area (Å²) in [5, 5.41) is 5.35. The molecule has 0 saturated carbocycles. The fraction of sp³-hybridized carbons (Fsp3) is 0.188. The summed E-state index contributed by atoms with van der Waals surface area (Å²) in [6, 6.07) is 12.4. The van der Waals surface area contributed by atoms with Crippen molar-refractivity contribution in [2.45, 2.75) is 13.5 Å². The van der Waals surface area contributed by atoms with Crippen LogP contribution in [-0.4, -0.2) is 23.6 Å². The molecule has 0 bridgehead atoms. The number of benzene rings is 1. The van der Waals surface area contributed by atoms with Gasteiger partial charge in [-0.1, -0.05) is 18.2 Å². The summed E-state index contributed by atoms with van der Waals surface area (Å²) in [6.45, 7) is 2.23. The number of para-hydroxylation sites is 1. The number of nitrogens with one attached hydrogen (secondary N) is 2. The van der Waals surface area contributed by atoms with Gasteiger partial charge in [-0.3, -0.25) is 9.78 Å². The second kappa shape index (κ2) is 7.78. The van der Waals surface area contributed by atoms with Crippen LogP contribution in [0.15, 0.2) is 48.7 Å². The summed E-state index contributed by atoms with van der Waals surface area (Å²) in [4.78, 5) is 27.5. The molecule has 0 saturated heterocycles. The molecule has 0 atom stereocenters. The molecule has 1 aromatic carbocycles. The fourth-order valence-corrected chi connectivity index (χ4v) is 1.79. The Balaban J connectivity index is 1.98. The van der Waals surface area contributed by atoms with E-state index in [2.05, 4.69) is 15.6 Å². The highest BCUT2D eigenvalue weighted by Gasteiger charge is 2.08. The van der Waals surface area contributed by atoms with Gasteiger partial charge in [0, 0.05) is 17.4 Å². The SMILES string of the molecule is CCOC(=O)NCc1cc(C(=O)Nc2ccccc2)ccn1. The number of rotatable bonds is 5. The van der Waals surface area contributed by atoms with Crippen molar-refractivity contribution < 1.29 is 14.3 Å². The first-order valence-corrected chi connectivity index (χ1v) is 6.91. The Morgan fingerprint density at radius 2 is 1.95 bits per heavy atom. The highest BCUT2D eigenvalue weighted by molar-refractivity contribution is 6.04. The molecule has 0 unspecified atom stereocenters. The standard InChI is InChI=1S/C16H17N3O3/c1-2-22-16(21)18-11-14-10-12(8-9-17-14)15(20)19-13-6-4-3-5-7-13/h3-10H,2,11H2,1H3,(H,18,21)(H,19,20). The van der Waals surface area contributed by atoms with Crippen molar-refractivity contribution in [2.24, 2.45) is 0 Å². The Hall–Kier alpha value is -2.89. The zero-order valence-electron chi connectivity index (χ0n) is 12.2. The topological polar surface area (TPSA) is 80.3 Å². The molecule has 2 rings (SSSR count). The van der Waals surface area contributed by atoms with Crippen LogP contribution in [0.25, 0.3) is 0 Å². The molecule has 1 heterocycles. The molecular formula is C16H17N3O3. The minimum atomic E-state index is -0.511. The Bertz CT molecular complexity index is 644. The number of hydrogen-bond donors (Lipinski definition) is 2. The highest BCUT2D eigenvalue weighted by atomic mass is 16.5. The number of pyridine rings is 1. The molecule has 2 aromatic rings. The second-order valence-electron chi connectivity index (χ2n) is 4.43. The van der Waals surface area contributed by atoms with Gasteiger partial charge in [0.2, 0.25) is 0 Å². The number of nitrogens with zero attached hydrogens (tertiary/aromatic N) is 1. The molecule has 2 amide bonds. The molecule has 0 fully saturated rings. The number of aromatic nitrogens is 1.